The van der Waals surface area contributed by atoms with Gasteiger partial charge in [-0.15, -0.1) is 0 Å². The maximum atomic E-state index is 13.8. The minimum atomic E-state index is -4.09. The number of halogens is 1. The van der Waals surface area contributed by atoms with Crippen LogP contribution >= 0.6 is 0 Å². The van der Waals surface area contributed by atoms with Gasteiger partial charge in [0.2, 0.25) is 0 Å². The Morgan fingerprint density at radius 1 is 1.18 bits per heavy atom. The van der Waals surface area contributed by atoms with Gasteiger partial charge in [0.15, 0.2) is 0 Å². The fourth-order valence-corrected chi connectivity index (χ4v) is 4.04. The summed E-state index contributed by atoms with van der Waals surface area (Å²) in [5, 5.41) is 10.9. The van der Waals surface area contributed by atoms with Crippen LogP contribution in [0.3, 0.4) is 0 Å². The minimum Gasteiger partial charge on any atom is -0.265 e. The van der Waals surface area contributed by atoms with Crippen molar-refractivity contribution in [2.45, 2.75) is 11.3 Å². The van der Waals surface area contributed by atoms with Crippen LogP contribution in [0.1, 0.15) is 5.56 Å². The quantitative estimate of drug-likeness (QED) is 0.642. The van der Waals surface area contributed by atoms with Gasteiger partial charge in [-0.2, -0.15) is 0 Å². The van der Waals surface area contributed by atoms with Gasteiger partial charge in [-0.3, -0.25) is 14.4 Å². The second-order valence-corrected chi connectivity index (χ2v) is 6.66. The van der Waals surface area contributed by atoms with Crippen LogP contribution in [0.25, 0.3) is 0 Å². The van der Waals surface area contributed by atoms with Crippen molar-refractivity contribution in [2.24, 2.45) is 0 Å². The van der Waals surface area contributed by atoms with E-state index in [0.29, 0.717) is 12.0 Å². The molecule has 0 atom stereocenters. The summed E-state index contributed by atoms with van der Waals surface area (Å²) >= 11 is 0. The van der Waals surface area contributed by atoms with Gasteiger partial charge in [-0.1, -0.05) is 18.2 Å². The number of rotatable bonds is 3. The van der Waals surface area contributed by atoms with Crippen LogP contribution in [0, 0.1) is 15.9 Å². The topological polar surface area (TPSA) is 80.5 Å². The summed E-state index contributed by atoms with van der Waals surface area (Å²) in [6, 6.07) is 9.15. The van der Waals surface area contributed by atoms with Crippen molar-refractivity contribution in [2.75, 3.05) is 10.8 Å². The number of sulfonamides is 1. The van der Waals surface area contributed by atoms with Gasteiger partial charge >= 0.3 is 0 Å². The van der Waals surface area contributed by atoms with E-state index in [1.807, 2.05) is 0 Å². The van der Waals surface area contributed by atoms with E-state index in [2.05, 4.69) is 0 Å². The van der Waals surface area contributed by atoms with Gasteiger partial charge in [-0.05, 0) is 24.1 Å². The largest absolute Gasteiger partial charge is 0.271 e. The van der Waals surface area contributed by atoms with E-state index < -0.39 is 25.7 Å². The molecule has 8 heteroatoms. The second-order valence-electron chi connectivity index (χ2n) is 4.83. The van der Waals surface area contributed by atoms with Crippen molar-refractivity contribution >= 4 is 21.4 Å². The molecule has 1 aliphatic rings. The Balaban J connectivity index is 2.11. The van der Waals surface area contributed by atoms with Crippen LogP contribution in [-0.4, -0.2) is 19.9 Å². The highest BCUT2D eigenvalue weighted by Crippen LogP contribution is 2.35. The van der Waals surface area contributed by atoms with Gasteiger partial charge in [0.05, 0.1) is 10.6 Å². The van der Waals surface area contributed by atoms with Crippen LogP contribution in [0.2, 0.25) is 0 Å². The molecule has 0 radical (unpaired) electrons. The Bertz CT molecular complexity index is 867. The molecule has 0 N–H and O–H groups in total. The Hall–Kier alpha value is -2.48. The monoisotopic (exact) mass is 322 g/mol. The average Bonchev–Trinajstić information content (AvgIpc) is 2.91. The molecule has 0 unspecified atom stereocenters. The summed E-state index contributed by atoms with van der Waals surface area (Å²) in [6.45, 7) is 0.132. The molecule has 0 aromatic heterocycles. The zero-order valence-electron chi connectivity index (χ0n) is 11.3. The molecule has 0 saturated carbocycles. The molecule has 114 valence electrons. The first-order valence-electron chi connectivity index (χ1n) is 6.46. The van der Waals surface area contributed by atoms with Crippen molar-refractivity contribution in [1.29, 1.82) is 0 Å². The summed E-state index contributed by atoms with van der Waals surface area (Å²) in [7, 11) is -4.09. The standard InChI is InChI=1S/C14H11FN2O4S/c15-12-3-1-2-4-14(12)22(20,21)16-8-7-10-5-6-11(17(18)19)9-13(10)16/h1-6,9H,7-8H2. The lowest BCUT2D eigenvalue weighted by Gasteiger charge is -2.19. The van der Waals surface area contributed by atoms with Gasteiger partial charge in [0.25, 0.3) is 15.7 Å². The van der Waals surface area contributed by atoms with Crippen LogP contribution < -0.4 is 4.31 Å². The number of hydrogen-bond acceptors (Lipinski definition) is 4. The third-order valence-electron chi connectivity index (χ3n) is 3.54. The van der Waals surface area contributed by atoms with Crippen LogP contribution in [0.5, 0.6) is 0 Å². The Labute approximate surface area is 126 Å². The Kier molecular flexibility index (Phi) is 3.32. The number of nitro benzene ring substituents is 1. The molecule has 0 amide bonds. The fraction of sp³-hybridized carbons (Fsp3) is 0.143. The van der Waals surface area contributed by atoms with Crippen molar-refractivity contribution in [1.82, 2.24) is 0 Å². The highest BCUT2D eigenvalue weighted by Gasteiger charge is 2.33. The summed E-state index contributed by atoms with van der Waals surface area (Å²) < 4.78 is 40.1. The molecule has 0 saturated heterocycles. The molecule has 1 aliphatic heterocycles. The smallest absolute Gasteiger partial charge is 0.265 e. The lowest BCUT2D eigenvalue weighted by atomic mass is 10.1. The summed E-state index contributed by atoms with van der Waals surface area (Å²) in [5.41, 5.74) is 0.720. The zero-order valence-corrected chi connectivity index (χ0v) is 12.1. The number of benzene rings is 2. The second kappa shape index (κ2) is 5.06. The lowest BCUT2D eigenvalue weighted by molar-refractivity contribution is -0.384. The van der Waals surface area contributed by atoms with Crippen LogP contribution in [-0.2, 0) is 16.4 Å². The van der Waals surface area contributed by atoms with Crippen molar-refractivity contribution in [3.8, 4) is 0 Å². The number of nitro groups is 1. The molecule has 0 bridgehead atoms. The number of hydrogen-bond donors (Lipinski definition) is 0. The molecule has 6 nitrogen and oxygen atoms in total. The van der Waals surface area contributed by atoms with Crippen molar-refractivity contribution in [3.05, 3.63) is 64.0 Å². The van der Waals surface area contributed by atoms with Crippen LogP contribution in [0.15, 0.2) is 47.4 Å². The summed E-state index contributed by atoms with van der Waals surface area (Å²) in [4.78, 5) is 9.83. The molecule has 0 spiro atoms. The van der Waals surface area contributed by atoms with E-state index in [9.17, 15) is 22.9 Å². The fourth-order valence-electron chi connectivity index (χ4n) is 2.47. The van der Waals surface area contributed by atoms with E-state index in [4.69, 9.17) is 0 Å². The first kappa shape index (κ1) is 14.5. The third-order valence-corrected chi connectivity index (χ3v) is 5.38. The molecule has 2 aromatic rings. The molecule has 2 aromatic carbocycles. The Morgan fingerprint density at radius 2 is 1.91 bits per heavy atom. The van der Waals surface area contributed by atoms with Gasteiger partial charge < -0.3 is 0 Å². The maximum Gasteiger partial charge on any atom is 0.271 e. The van der Waals surface area contributed by atoms with E-state index in [-0.39, 0.29) is 17.9 Å². The zero-order chi connectivity index (χ0) is 15.9. The highest BCUT2D eigenvalue weighted by molar-refractivity contribution is 7.92. The highest BCUT2D eigenvalue weighted by atomic mass is 32.2. The van der Waals surface area contributed by atoms with Gasteiger partial charge in [-0.25, -0.2) is 12.8 Å². The predicted octanol–water partition coefficient (Wildman–Crippen LogP) is 2.49. The van der Waals surface area contributed by atoms with Crippen LogP contribution in [0.4, 0.5) is 15.8 Å². The molecule has 0 aliphatic carbocycles. The van der Waals surface area contributed by atoms with E-state index >= 15 is 0 Å². The summed E-state index contributed by atoms with van der Waals surface area (Å²) in [6.07, 6.45) is 0.432. The number of fused-ring (bicyclic) bond motifs is 1. The van der Waals surface area contributed by atoms with Gasteiger partial charge in [0.1, 0.15) is 10.7 Å². The summed E-state index contributed by atoms with van der Waals surface area (Å²) in [5.74, 6) is -0.846. The van der Waals surface area contributed by atoms with Gasteiger partial charge in [0, 0.05) is 18.7 Å². The molecule has 22 heavy (non-hydrogen) atoms. The van der Waals surface area contributed by atoms with Crippen molar-refractivity contribution in [3.63, 3.8) is 0 Å². The predicted molar refractivity (Wildman–Crippen MR) is 77.7 cm³/mol. The van der Waals surface area contributed by atoms with Crippen molar-refractivity contribution < 1.29 is 17.7 Å². The number of non-ortho nitro benzene ring substituents is 1. The normalized spacial score (nSPS) is 14.0. The average molecular weight is 322 g/mol. The molecule has 1 heterocycles. The number of nitrogens with zero attached hydrogens (tertiary/aromatic N) is 2. The molecular formula is C14H11FN2O4S. The lowest BCUT2D eigenvalue weighted by Crippen LogP contribution is -2.29. The molecular weight excluding hydrogens is 311 g/mol. The molecule has 3 rings (SSSR count). The third kappa shape index (κ3) is 2.21. The van der Waals surface area contributed by atoms with E-state index in [1.54, 1.807) is 0 Å². The SMILES string of the molecule is O=[N+]([O-])c1ccc2c(c1)N(S(=O)(=O)c1ccccc1F)CC2. The first-order valence-corrected chi connectivity index (χ1v) is 7.90. The van der Waals surface area contributed by atoms with E-state index in [1.165, 1.54) is 36.4 Å². The van der Waals surface area contributed by atoms with E-state index in [0.717, 1.165) is 10.4 Å². The maximum absolute atomic E-state index is 13.8. The number of anilines is 1. The first-order chi connectivity index (χ1) is 10.4. The molecule has 0 fully saturated rings. The minimum absolute atomic E-state index is 0.132. The Morgan fingerprint density at radius 3 is 2.59 bits per heavy atom.